The van der Waals surface area contributed by atoms with Crippen molar-refractivity contribution >= 4 is 23.4 Å². The highest BCUT2D eigenvalue weighted by molar-refractivity contribution is 6.29. The molecule has 0 fully saturated rings. The van der Waals surface area contributed by atoms with E-state index in [9.17, 15) is 4.79 Å². The third kappa shape index (κ3) is 5.32. The van der Waals surface area contributed by atoms with Gasteiger partial charge in [-0.2, -0.15) is 5.10 Å². The third-order valence-corrected chi connectivity index (χ3v) is 1.98. The van der Waals surface area contributed by atoms with E-state index < -0.39 is 0 Å². The van der Waals surface area contributed by atoms with Crippen molar-refractivity contribution in [3.8, 4) is 0 Å². The smallest absolute Gasteiger partial charge is 0.356 e. The van der Waals surface area contributed by atoms with Gasteiger partial charge in [-0.15, -0.1) is 10.2 Å². The molecule has 0 aliphatic rings. The summed E-state index contributed by atoms with van der Waals surface area (Å²) in [5.74, 6) is 5.14. The molecule has 0 spiro atoms. The van der Waals surface area contributed by atoms with Gasteiger partial charge in [0.1, 0.15) is 5.69 Å². The lowest BCUT2D eigenvalue weighted by Crippen LogP contribution is -2.08. The Bertz CT molecular complexity index is 487. The van der Waals surface area contributed by atoms with E-state index in [-0.39, 0.29) is 5.97 Å². The van der Waals surface area contributed by atoms with Gasteiger partial charge in [0, 0.05) is 6.20 Å². The number of aromatic amines is 1. The minimum atomic E-state index is -0.361. The zero-order valence-electron chi connectivity index (χ0n) is 10.1. The number of nitrogens with two attached hydrogens (primary N) is 1. The fourth-order valence-electron chi connectivity index (χ4n) is 0.971. The fraction of sp³-hybridized carbons (Fsp3) is 0.200. The highest BCUT2D eigenvalue weighted by atomic mass is 35.5. The van der Waals surface area contributed by atoms with Crippen molar-refractivity contribution in [3.05, 3.63) is 35.2 Å². The van der Waals surface area contributed by atoms with Crippen LogP contribution in [0.3, 0.4) is 0 Å². The SMILES string of the molecule is CCOC(=O)c1ccn[nH]1.NNc1ccc(Cl)nn1. The lowest BCUT2D eigenvalue weighted by Gasteiger charge is -1.95. The number of anilines is 1. The molecule has 0 radical (unpaired) electrons. The first-order valence-electron chi connectivity index (χ1n) is 5.29. The van der Waals surface area contributed by atoms with Crippen LogP contribution in [0.4, 0.5) is 5.82 Å². The van der Waals surface area contributed by atoms with Crippen LogP contribution in [-0.2, 0) is 4.74 Å². The van der Waals surface area contributed by atoms with Crippen LogP contribution >= 0.6 is 11.6 Å². The van der Waals surface area contributed by atoms with Crippen LogP contribution < -0.4 is 11.3 Å². The summed E-state index contributed by atoms with van der Waals surface area (Å²) in [6.07, 6.45) is 1.51. The van der Waals surface area contributed by atoms with E-state index in [0.29, 0.717) is 23.3 Å². The van der Waals surface area contributed by atoms with Gasteiger partial charge in [-0.1, -0.05) is 11.6 Å². The van der Waals surface area contributed by atoms with E-state index in [1.165, 1.54) is 6.20 Å². The van der Waals surface area contributed by atoms with Crippen LogP contribution in [0.1, 0.15) is 17.4 Å². The maximum atomic E-state index is 10.8. The lowest BCUT2D eigenvalue weighted by molar-refractivity contribution is 0.0519. The minimum absolute atomic E-state index is 0.356. The van der Waals surface area contributed by atoms with Gasteiger partial charge in [-0.3, -0.25) is 5.10 Å². The Morgan fingerprint density at radius 3 is 2.74 bits per heavy atom. The molecule has 4 N–H and O–H groups in total. The predicted octanol–water partition coefficient (Wildman–Crippen LogP) is 1.00. The average Bonchev–Trinajstić information content (AvgIpc) is 2.95. The van der Waals surface area contributed by atoms with Crippen molar-refractivity contribution in [2.75, 3.05) is 12.0 Å². The number of nitrogens with one attached hydrogen (secondary N) is 2. The largest absolute Gasteiger partial charge is 0.461 e. The molecular formula is C10H13ClN6O2. The Balaban J connectivity index is 0.000000191. The van der Waals surface area contributed by atoms with Gasteiger partial charge in [-0.05, 0) is 25.1 Å². The van der Waals surface area contributed by atoms with E-state index in [1.807, 2.05) is 0 Å². The summed E-state index contributed by atoms with van der Waals surface area (Å²) in [5.41, 5.74) is 2.71. The molecule has 19 heavy (non-hydrogen) atoms. The van der Waals surface area contributed by atoms with Gasteiger partial charge in [0.05, 0.1) is 6.61 Å². The number of nitrogen functional groups attached to an aromatic ring is 1. The summed E-state index contributed by atoms with van der Waals surface area (Å²) in [6.45, 7) is 2.14. The number of rotatable bonds is 3. The maximum Gasteiger partial charge on any atom is 0.356 e. The number of hydrogen-bond donors (Lipinski definition) is 3. The van der Waals surface area contributed by atoms with Crippen molar-refractivity contribution in [1.29, 1.82) is 0 Å². The number of aromatic nitrogens is 4. The second kappa shape index (κ2) is 8.01. The van der Waals surface area contributed by atoms with E-state index in [4.69, 9.17) is 17.4 Å². The number of hydrogen-bond acceptors (Lipinski definition) is 7. The van der Waals surface area contributed by atoms with E-state index in [2.05, 4.69) is 30.6 Å². The van der Waals surface area contributed by atoms with E-state index in [0.717, 1.165) is 0 Å². The van der Waals surface area contributed by atoms with Crippen LogP contribution in [-0.4, -0.2) is 33.0 Å². The molecule has 2 aromatic rings. The van der Waals surface area contributed by atoms with Crippen molar-refractivity contribution in [2.24, 2.45) is 5.84 Å². The molecule has 2 heterocycles. The zero-order valence-corrected chi connectivity index (χ0v) is 10.9. The number of ether oxygens (including phenoxy) is 1. The molecule has 0 saturated carbocycles. The summed E-state index contributed by atoms with van der Waals surface area (Å²) < 4.78 is 4.68. The molecule has 0 bridgehead atoms. The maximum absolute atomic E-state index is 10.8. The standard InChI is InChI=1S/C6H8N2O2.C4H5ClN4/c1-2-10-6(9)5-3-4-7-8-5;5-3-1-2-4(7-6)9-8-3/h3-4H,2H2,1H3,(H,7,8);1-2H,6H2,(H,7,9). The van der Waals surface area contributed by atoms with Gasteiger partial charge in [0.2, 0.25) is 0 Å². The monoisotopic (exact) mass is 284 g/mol. The molecule has 0 amide bonds. The number of halogens is 1. The normalized spacial score (nSPS) is 9.21. The Morgan fingerprint density at radius 1 is 1.47 bits per heavy atom. The quantitative estimate of drug-likeness (QED) is 0.437. The first-order valence-corrected chi connectivity index (χ1v) is 5.67. The first kappa shape index (κ1) is 14.9. The molecule has 2 rings (SSSR count). The van der Waals surface area contributed by atoms with Crippen LogP contribution in [0.25, 0.3) is 0 Å². The van der Waals surface area contributed by atoms with Crippen molar-refractivity contribution in [1.82, 2.24) is 20.4 Å². The van der Waals surface area contributed by atoms with Crippen molar-refractivity contribution < 1.29 is 9.53 Å². The van der Waals surface area contributed by atoms with Crippen molar-refractivity contribution in [3.63, 3.8) is 0 Å². The molecule has 102 valence electrons. The molecule has 0 aliphatic carbocycles. The summed E-state index contributed by atoms with van der Waals surface area (Å²) >= 11 is 5.43. The molecule has 0 atom stereocenters. The average molecular weight is 285 g/mol. The van der Waals surface area contributed by atoms with Crippen LogP contribution in [0, 0.1) is 0 Å². The van der Waals surface area contributed by atoms with Gasteiger partial charge in [0.15, 0.2) is 11.0 Å². The number of H-pyrrole nitrogens is 1. The fourth-order valence-corrected chi connectivity index (χ4v) is 1.07. The van der Waals surface area contributed by atoms with E-state index in [1.54, 1.807) is 25.1 Å². The lowest BCUT2D eigenvalue weighted by atomic mass is 10.4. The van der Waals surface area contributed by atoms with Gasteiger partial charge in [-0.25, -0.2) is 10.6 Å². The Labute approximate surface area is 114 Å². The van der Waals surface area contributed by atoms with Crippen molar-refractivity contribution in [2.45, 2.75) is 6.92 Å². The van der Waals surface area contributed by atoms with Gasteiger partial charge < -0.3 is 10.2 Å². The molecule has 0 saturated heterocycles. The second-order valence-electron chi connectivity index (χ2n) is 3.08. The molecular weight excluding hydrogens is 272 g/mol. The van der Waals surface area contributed by atoms with E-state index >= 15 is 0 Å². The topological polar surface area (TPSA) is 119 Å². The zero-order chi connectivity index (χ0) is 14.1. The van der Waals surface area contributed by atoms with Crippen LogP contribution in [0.15, 0.2) is 24.4 Å². The highest BCUT2D eigenvalue weighted by Crippen LogP contribution is 2.03. The number of esters is 1. The number of hydrazine groups is 1. The Hall–Kier alpha value is -2.19. The summed E-state index contributed by atoms with van der Waals surface area (Å²) in [5, 5.41) is 13.6. The van der Waals surface area contributed by atoms with Gasteiger partial charge in [0.25, 0.3) is 0 Å². The van der Waals surface area contributed by atoms with Crippen LogP contribution in [0.2, 0.25) is 5.15 Å². The predicted molar refractivity (Wildman–Crippen MR) is 69.4 cm³/mol. The highest BCUT2D eigenvalue weighted by Gasteiger charge is 2.05. The molecule has 8 nitrogen and oxygen atoms in total. The Morgan fingerprint density at radius 2 is 2.26 bits per heavy atom. The van der Waals surface area contributed by atoms with Gasteiger partial charge >= 0.3 is 5.97 Å². The summed E-state index contributed by atoms with van der Waals surface area (Å²) in [6, 6.07) is 4.80. The second-order valence-corrected chi connectivity index (χ2v) is 3.46. The first-order chi connectivity index (χ1) is 9.17. The molecule has 0 aliphatic heterocycles. The molecule has 9 heteroatoms. The molecule has 0 unspecified atom stereocenters. The molecule has 2 aromatic heterocycles. The number of carbonyl (C=O) groups is 1. The van der Waals surface area contributed by atoms with Crippen LogP contribution in [0.5, 0.6) is 0 Å². The Kier molecular flexibility index (Phi) is 6.27. The third-order valence-electron chi connectivity index (χ3n) is 1.78. The summed E-state index contributed by atoms with van der Waals surface area (Å²) in [4.78, 5) is 10.8. The number of nitrogens with zero attached hydrogens (tertiary/aromatic N) is 3. The molecule has 0 aromatic carbocycles. The minimum Gasteiger partial charge on any atom is -0.461 e. The number of carbonyl (C=O) groups excluding carboxylic acids is 1. The summed E-state index contributed by atoms with van der Waals surface area (Å²) in [7, 11) is 0.